The van der Waals surface area contributed by atoms with Crippen molar-refractivity contribution in [3.8, 4) is 0 Å². The highest BCUT2D eigenvalue weighted by molar-refractivity contribution is 5.72. The molecule has 0 aromatic rings. The highest BCUT2D eigenvalue weighted by Gasteiger charge is 2.55. The summed E-state index contributed by atoms with van der Waals surface area (Å²) in [5.74, 6) is 0. The summed E-state index contributed by atoms with van der Waals surface area (Å²) in [6.07, 6.45) is 2.04. The summed E-state index contributed by atoms with van der Waals surface area (Å²) in [6, 6.07) is -0.985. The fourth-order valence-corrected chi connectivity index (χ4v) is 2.86. The summed E-state index contributed by atoms with van der Waals surface area (Å²) in [5, 5.41) is 13.7. The van der Waals surface area contributed by atoms with Gasteiger partial charge in [0.25, 0.3) is 0 Å². The third-order valence-electron chi connectivity index (χ3n) is 4.12. The Labute approximate surface area is 130 Å². The van der Waals surface area contributed by atoms with E-state index in [1.807, 2.05) is 6.92 Å². The second kappa shape index (κ2) is 8.03. The molecule has 1 fully saturated rings. The number of hydrogen-bond acceptors (Lipinski definition) is 5. The standard InChI is InChI=1S/C14H25N5O3/c1-4-10(15)12-14(3,11(20)5-2)22-13(21)19(12)9-7-6-8-17-18-16/h4,10-12,20H,1,5-9,15H2,2-3H3/t10-,11-,12-,14-/m1/s1. The summed E-state index contributed by atoms with van der Waals surface area (Å²) in [7, 11) is 0. The van der Waals surface area contributed by atoms with E-state index in [9.17, 15) is 9.90 Å². The number of amides is 1. The average Bonchev–Trinajstić information content (AvgIpc) is 2.77. The lowest BCUT2D eigenvalue weighted by atomic mass is 9.84. The summed E-state index contributed by atoms with van der Waals surface area (Å²) in [5.41, 5.74) is 13.3. The Morgan fingerprint density at radius 3 is 2.91 bits per heavy atom. The molecule has 1 amide bonds. The van der Waals surface area contributed by atoms with Gasteiger partial charge in [-0.1, -0.05) is 18.1 Å². The van der Waals surface area contributed by atoms with Crippen LogP contribution in [0.25, 0.3) is 10.4 Å². The number of aliphatic hydroxyl groups excluding tert-OH is 1. The average molecular weight is 311 g/mol. The van der Waals surface area contributed by atoms with Gasteiger partial charge in [-0.3, -0.25) is 4.90 Å². The van der Waals surface area contributed by atoms with E-state index < -0.39 is 29.9 Å². The van der Waals surface area contributed by atoms with Crippen molar-refractivity contribution >= 4 is 6.09 Å². The lowest BCUT2D eigenvalue weighted by Gasteiger charge is -2.37. The summed E-state index contributed by atoms with van der Waals surface area (Å²) in [4.78, 5) is 16.4. The van der Waals surface area contributed by atoms with E-state index in [4.69, 9.17) is 16.0 Å². The molecule has 22 heavy (non-hydrogen) atoms. The number of rotatable bonds is 9. The Morgan fingerprint density at radius 1 is 1.68 bits per heavy atom. The van der Waals surface area contributed by atoms with Gasteiger partial charge in [-0.05, 0) is 31.7 Å². The van der Waals surface area contributed by atoms with Crippen LogP contribution < -0.4 is 5.73 Å². The van der Waals surface area contributed by atoms with Crippen molar-refractivity contribution in [2.75, 3.05) is 13.1 Å². The van der Waals surface area contributed by atoms with Gasteiger partial charge in [0.05, 0.1) is 12.1 Å². The molecule has 8 heteroatoms. The van der Waals surface area contributed by atoms with Gasteiger partial charge in [-0.25, -0.2) is 4.79 Å². The molecule has 124 valence electrons. The molecule has 0 bridgehead atoms. The van der Waals surface area contributed by atoms with Crippen molar-refractivity contribution in [3.63, 3.8) is 0 Å². The van der Waals surface area contributed by atoms with Crippen LogP contribution in [0.4, 0.5) is 4.79 Å². The second-order valence-electron chi connectivity index (χ2n) is 5.59. The molecule has 1 aliphatic rings. The van der Waals surface area contributed by atoms with Crippen LogP contribution in [0.15, 0.2) is 17.8 Å². The van der Waals surface area contributed by atoms with Crippen molar-refractivity contribution in [1.29, 1.82) is 0 Å². The van der Waals surface area contributed by atoms with Gasteiger partial charge in [-0.15, -0.1) is 6.58 Å². The normalized spacial score (nSPS) is 27.0. The van der Waals surface area contributed by atoms with Crippen LogP contribution in [0.5, 0.6) is 0 Å². The molecule has 0 aromatic heterocycles. The smallest absolute Gasteiger partial charge is 0.410 e. The molecule has 0 saturated carbocycles. The van der Waals surface area contributed by atoms with Gasteiger partial charge in [0.2, 0.25) is 0 Å². The quantitative estimate of drug-likeness (QED) is 0.222. The number of carbonyl (C=O) groups is 1. The molecular weight excluding hydrogens is 286 g/mol. The molecule has 0 aromatic carbocycles. The first-order chi connectivity index (χ1) is 10.4. The molecule has 0 unspecified atom stereocenters. The van der Waals surface area contributed by atoms with Gasteiger partial charge in [0.15, 0.2) is 5.60 Å². The second-order valence-corrected chi connectivity index (χ2v) is 5.59. The van der Waals surface area contributed by atoms with E-state index in [-0.39, 0.29) is 0 Å². The predicted octanol–water partition coefficient (Wildman–Crippen LogP) is 1.94. The SMILES string of the molecule is C=C[C@@H](N)[C@H]1N(CCCCN=[N+]=[N-])C(=O)O[C@]1(C)[C@H](O)CC. The lowest BCUT2D eigenvalue weighted by molar-refractivity contribution is -0.0631. The molecule has 3 N–H and O–H groups in total. The zero-order chi connectivity index (χ0) is 16.8. The number of ether oxygens (including phenoxy) is 1. The lowest BCUT2D eigenvalue weighted by Crippen LogP contribution is -2.58. The van der Waals surface area contributed by atoms with Crippen LogP contribution in [-0.2, 0) is 4.74 Å². The van der Waals surface area contributed by atoms with E-state index in [0.29, 0.717) is 32.4 Å². The van der Waals surface area contributed by atoms with Crippen molar-refractivity contribution in [2.24, 2.45) is 10.8 Å². The Bertz CT molecular complexity index is 452. The van der Waals surface area contributed by atoms with Crippen LogP contribution in [-0.4, -0.2) is 53.0 Å². The molecule has 0 radical (unpaired) electrons. The van der Waals surface area contributed by atoms with Crippen LogP contribution >= 0.6 is 0 Å². The van der Waals surface area contributed by atoms with Gasteiger partial charge in [0, 0.05) is 24.0 Å². The van der Waals surface area contributed by atoms with Gasteiger partial charge in [-0.2, -0.15) is 0 Å². The van der Waals surface area contributed by atoms with Crippen LogP contribution in [0.1, 0.15) is 33.1 Å². The van der Waals surface area contributed by atoms with Crippen molar-refractivity contribution < 1.29 is 14.6 Å². The fraction of sp³-hybridized carbons (Fsp3) is 0.786. The third-order valence-corrected chi connectivity index (χ3v) is 4.12. The molecule has 1 heterocycles. The maximum atomic E-state index is 12.2. The number of azide groups is 1. The van der Waals surface area contributed by atoms with E-state index in [0.717, 1.165) is 0 Å². The van der Waals surface area contributed by atoms with Crippen molar-refractivity contribution in [3.05, 3.63) is 23.1 Å². The molecule has 1 aliphatic heterocycles. The van der Waals surface area contributed by atoms with E-state index in [2.05, 4.69) is 16.6 Å². The van der Waals surface area contributed by atoms with E-state index in [1.54, 1.807) is 17.9 Å². The third kappa shape index (κ3) is 3.71. The molecule has 1 saturated heterocycles. The minimum Gasteiger partial charge on any atom is -0.438 e. The maximum Gasteiger partial charge on any atom is 0.410 e. The van der Waals surface area contributed by atoms with Crippen LogP contribution in [0.3, 0.4) is 0 Å². The molecule has 1 rings (SSSR count). The molecule has 4 atom stereocenters. The molecule has 0 spiro atoms. The summed E-state index contributed by atoms with van der Waals surface area (Å²) >= 11 is 0. The van der Waals surface area contributed by atoms with Gasteiger partial charge in [0.1, 0.15) is 0 Å². The van der Waals surface area contributed by atoms with Crippen molar-refractivity contribution in [1.82, 2.24) is 4.90 Å². The van der Waals surface area contributed by atoms with Crippen LogP contribution in [0.2, 0.25) is 0 Å². The Kier molecular flexibility index (Phi) is 6.67. The topological polar surface area (TPSA) is 125 Å². The van der Waals surface area contributed by atoms with Gasteiger partial charge < -0.3 is 15.6 Å². The first-order valence-corrected chi connectivity index (χ1v) is 7.49. The Balaban J connectivity index is 2.87. The zero-order valence-electron chi connectivity index (χ0n) is 13.2. The summed E-state index contributed by atoms with van der Waals surface area (Å²) in [6.45, 7) is 8.01. The van der Waals surface area contributed by atoms with Crippen LogP contribution in [0, 0.1) is 0 Å². The number of cyclic esters (lactones) is 1. The van der Waals surface area contributed by atoms with E-state index in [1.165, 1.54) is 0 Å². The number of aliphatic hydroxyl groups is 1. The largest absolute Gasteiger partial charge is 0.438 e. The minimum absolute atomic E-state index is 0.381. The highest BCUT2D eigenvalue weighted by Crippen LogP contribution is 2.35. The van der Waals surface area contributed by atoms with Gasteiger partial charge >= 0.3 is 6.09 Å². The number of nitrogens with zero attached hydrogens (tertiary/aromatic N) is 4. The van der Waals surface area contributed by atoms with Crippen molar-refractivity contribution in [2.45, 2.75) is 56.9 Å². The molecular formula is C14H25N5O3. The predicted molar refractivity (Wildman–Crippen MR) is 83.1 cm³/mol. The number of hydrogen-bond donors (Lipinski definition) is 2. The number of unbranched alkanes of at least 4 members (excludes halogenated alkanes) is 1. The monoisotopic (exact) mass is 311 g/mol. The molecule has 0 aliphatic carbocycles. The summed E-state index contributed by atoms with van der Waals surface area (Å²) < 4.78 is 5.46. The van der Waals surface area contributed by atoms with E-state index >= 15 is 0 Å². The Morgan fingerprint density at radius 2 is 2.36 bits per heavy atom. The Hall–Kier alpha value is -1.76. The minimum atomic E-state index is -1.07. The fourth-order valence-electron chi connectivity index (χ4n) is 2.86. The first kappa shape index (κ1) is 18.3. The number of carbonyl (C=O) groups excluding carboxylic acids is 1. The number of nitrogens with two attached hydrogens (primary N) is 1. The zero-order valence-corrected chi connectivity index (χ0v) is 13.2. The highest BCUT2D eigenvalue weighted by atomic mass is 16.6. The first-order valence-electron chi connectivity index (χ1n) is 7.49. The molecule has 8 nitrogen and oxygen atoms in total. The maximum absolute atomic E-state index is 12.2.